The standard InChI is InChI=1S/C16H21N3O8S.Zn/c1-7(20)27-5-8-6-28-14-11(13(22)19(14)12(8)16(25)26)18-10(21)4-2-3-9(17)15(23)24;/h9,11,14H,2-6,17H2,1H3,(H,18,21)(H,23,24)(H,25,26);/t9-,11+,14+;/m0./s1. The van der Waals surface area contributed by atoms with Crippen LogP contribution in [0.5, 0.6) is 0 Å². The van der Waals surface area contributed by atoms with Crippen LogP contribution in [0.4, 0.5) is 0 Å². The van der Waals surface area contributed by atoms with E-state index in [0.29, 0.717) is 5.57 Å². The van der Waals surface area contributed by atoms with Gasteiger partial charge >= 0.3 is 17.9 Å². The first-order valence-electron chi connectivity index (χ1n) is 8.44. The molecule has 1 saturated heterocycles. The van der Waals surface area contributed by atoms with E-state index in [0.717, 1.165) is 4.90 Å². The van der Waals surface area contributed by atoms with Crippen molar-refractivity contribution in [2.75, 3.05) is 12.4 Å². The van der Waals surface area contributed by atoms with Gasteiger partial charge in [-0.3, -0.25) is 24.1 Å². The molecule has 3 atom stereocenters. The number of hydrogen-bond acceptors (Lipinski definition) is 8. The first-order chi connectivity index (χ1) is 13.1. The van der Waals surface area contributed by atoms with Gasteiger partial charge in [-0.1, -0.05) is 0 Å². The van der Waals surface area contributed by atoms with E-state index in [1.807, 2.05) is 0 Å². The smallest absolute Gasteiger partial charge is 0.352 e. The molecule has 156 valence electrons. The fraction of sp³-hybridized carbons (Fsp3) is 0.562. The molecule has 13 heteroatoms. The normalized spacial score (nSPS) is 21.3. The van der Waals surface area contributed by atoms with Gasteiger partial charge in [0.15, 0.2) is 0 Å². The number of β-lactam (4-membered cyclic amide) rings is 1. The number of aliphatic carboxylic acids is 2. The summed E-state index contributed by atoms with van der Waals surface area (Å²) in [5.74, 6) is -3.79. The van der Waals surface area contributed by atoms with Crippen LogP contribution in [0.2, 0.25) is 0 Å². The van der Waals surface area contributed by atoms with Crippen molar-refractivity contribution in [3.63, 3.8) is 0 Å². The summed E-state index contributed by atoms with van der Waals surface area (Å²) in [5.41, 5.74) is 5.44. The number of nitrogens with two attached hydrogens (primary N) is 1. The summed E-state index contributed by atoms with van der Waals surface area (Å²) in [6.07, 6.45) is 0.368. The van der Waals surface area contributed by atoms with Crippen LogP contribution in [-0.2, 0) is 48.2 Å². The number of thioether (sulfide) groups is 1. The topological polar surface area (TPSA) is 176 Å². The average Bonchev–Trinajstić information content (AvgIpc) is 2.62. The number of rotatable bonds is 9. The predicted molar refractivity (Wildman–Crippen MR) is 95.8 cm³/mol. The van der Waals surface area contributed by atoms with Crippen molar-refractivity contribution in [3.8, 4) is 0 Å². The summed E-state index contributed by atoms with van der Waals surface area (Å²) < 4.78 is 4.84. The van der Waals surface area contributed by atoms with Crippen LogP contribution < -0.4 is 11.1 Å². The van der Waals surface area contributed by atoms with Crippen molar-refractivity contribution < 1.29 is 58.4 Å². The molecule has 2 amide bonds. The van der Waals surface area contributed by atoms with E-state index in [1.54, 1.807) is 0 Å². The molecule has 0 spiro atoms. The van der Waals surface area contributed by atoms with E-state index in [-0.39, 0.29) is 56.8 Å². The molecule has 29 heavy (non-hydrogen) atoms. The molecule has 0 aliphatic carbocycles. The Labute approximate surface area is 183 Å². The number of esters is 1. The number of carboxylic acids is 2. The van der Waals surface area contributed by atoms with Gasteiger partial charge in [0.1, 0.15) is 29.8 Å². The molecule has 1 fully saturated rings. The number of fused-ring (bicyclic) bond motifs is 1. The van der Waals surface area contributed by atoms with Gasteiger partial charge in [0.2, 0.25) is 5.91 Å². The molecular weight excluding hydrogens is 460 g/mol. The first kappa shape index (κ1) is 25.1. The molecule has 11 nitrogen and oxygen atoms in total. The molecule has 5 N–H and O–H groups in total. The number of nitrogens with zero attached hydrogens (tertiary/aromatic N) is 1. The zero-order valence-corrected chi connectivity index (χ0v) is 19.5. The van der Waals surface area contributed by atoms with Gasteiger partial charge in [-0.25, -0.2) is 4.79 Å². The van der Waals surface area contributed by atoms with Crippen molar-refractivity contribution in [2.45, 2.75) is 43.6 Å². The second kappa shape index (κ2) is 10.7. The fourth-order valence-corrected chi connectivity index (χ4v) is 4.16. The summed E-state index contributed by atoms with van der Waals surface area (Å²) in [6, 6.07) is -1.92. The predicted octanol–water partition coefficient (Wildman–Crippen LogP) is -1.13. The van der Waals surface area contributed by atoms with Crippen LogP contribution in [-0.4, -0.2) is 74.7 Å². The maximum absolute atomic E-state index is 12.4. The van der Waals surface area contributed by atoms with Crippen molar-refractivity contribution in [2.24, 2.45) is 5.73 Å². The fourth-order valence-electron chi connectivity index (χ4n) is 2.83. The Morgan fingerprint density at radius 1 is 1.34 bits per heavy atom. The molecule has 2 heterocycles. The number of carboxylic acid groups (broad SMARTS) is 2. The summed E-state index contributed by atoms with van der Waals surface area (Å²) in [7, 11) is 0. The SMILES string of the molecule is CC(=O)OCC1=C(C(=O)O)N2C(=O)[C@@H](NC(=O)CCC[C@H](N)C(=O)O)[C@H]2SC1.[Zn]. The van der Waals surface area contributed by atoms with E-state index < -0.39 is 47.2 Å². The largest absolute Gasteiger partial charge is 0.480 e. The van der Waals surface area contributed by atoms with Gasteiger partial charge in [0.05, 0.1) is 0 Å². The van der Waals surface area contributed by atoms with E-state index in [4.69, 9.17) is 15.6 Å². The molecule has 2 aliphatic rings. The number of hydrogen-bond donors (Lipinski definition) is 4. The summed E-state index contributed by atoms with van der Waals surface area (Å²) in [4.78, 5) is 58.7. The van der Waals surface area contributed by atoms with Gasteiger partial charge in [-0.15, -0.1) is 11.8 Å². The number of carbonyl (C=O) groups excluding carboxylic acids is 3. The Morgan fingerprint density at radius 2 is 2.00 bits per heavy atom. The quantitative estimate of drug-likeness (QED) is 0.179. The van der Waals surface area contributed by atoms with Crippen LogP contribution in [0.15, 0.2) is 11.3 Å². The Hall–Kier alpha value is -1.98. The molecular formula is C16H21N3O8SZn. The third-order valence-corrected chi connectivity index (χ3v) is 5.59. The number of nitrogens with one attached hydrogen (secondary N) is 1. The molecule has 0 bridgehead atoms. The first-order valence-corrected chi connectivity index (χ1v) is 9.49. The molecule has 0 aromatic heterocycles. The Bertz CT molecular complexity index is 744. The van der Waals surface area contributed by atoms with Crippen LogP contribution in [0.3, 0.4) is 0 Å². The van der Waals surface area contributed by atoms with Crippen molar-refractivity contribution >= 4 is 41.5 Å². The summed E-state index contributed by atoms with van der Waals surface area (Å²) in [6.45, 7) is 0.977. The Morgan fingerprint density at radius 3 is 2.55 bits per heavy atom. The maximum Gasteiger partial charge on any atom is 0.352 e. The molecule has 0 saturated carbocycles. The van der Waals surface area contributed by atoms with Crippen molar-refractivity contribution in [1.29, 1.82) is 0 Å². The van der Waals surface area contributed by atoms with Crippen LogP contribution in [0, 0.1) is 0 Å². The summed E-state index contributed by atoms with van der Waals surface area (Å²) >= 11 is 1.26. The zero-order valence-electron chi connectivity index (χ0n) is 15.8. The van der Waals surface area contributed by atoms with Gasteiger partial charge in [0, 0.05) is 44.1 Å². The maximum atomic E-state index is 12.4. The van der Waals surface area contributed by atoms with Crippen LogP contribution in [0.1, 0.15) is 26.2 Å². The molecule has 0 unspecified atom stereocenters. The molecule has 2 rings (SSSR count). The number of amides is 2. The Balaban J connectivity index is 0.00000420. The zero-order chi connectivity index (χ0) is 21.0. The number of carbonyl (C=O) groups is 5. The third kappa shape index (κ3) is 6.00. The minimum Gasteiger partial charge on any atom is -0.480 e. The summed E-state index contributed by atoms with van der Waals surface area (Å²) in [5, 5.41) is 20.1. The van der Waals surface area contributed by atoms with Gasteiger partial charge < -0.3 is 26.0 Å². The van der Waals surface area contributed by atoms with Gasteiger partial charge in [-0.05, 0) is 12.8 Å². The van der Waals surface area contributed by atoms with E-state index in [9.17, 15) is 29.1 Å². The van der Waals surface area contributed by atoms with Crippen LogP contribution in [0.25, 0.3) is 0 Å². The second-order valence-corrected chi connectivity index (χ2v) is 7.43. The Kier molecular flexibility index (Phi) is 9.25. The van der Waals surface area contributed by atoms with E-state index >= 15 is 0 Å². The molecule has 0 radical (unpaired) electrons. The average molecular weight is 481 g/mol. The van der Waals surface area contributed by atoms with Gasteiger partial charge in [-0.2, -0.15) is 0 Å². The van der Waals surface area contributed by atoms with Gasteiger partial charge in [0.25, 0.3) is 5.91 Å². The minimum absolute atomic E-state index is 0. The number of ether oxygens (including phenoxy) is 1. The third-order valence-electron chi connectivity index (χ3n) is 4.25. The van der Waals surface area contributed by atoms with Crippen LogP contribution >= 0.6 is 11.8 Å². The monoisotopic (exact) mass is 479 g/mol. The molecule has 0 aromatic carbocycles. The van der Waals surface area contributed by atoms with E-state index in [1.165, 1.54) is 18.7 Å². The van der Waals surface area contributed by atoms with E-state index in [2.05, 4.69) is 5.32 Å². The van der Waals surface area contributed by atoms with Crippen molar-refractivity contribution in [1.82, 2.24) is 10.2 Å². The van der Waals surface area contributed by atoms with Crippen molar-refractivity contribution in [3.05, 3.63) is 11.3 Å². The minimum atomic E-state index is -1.31. The second-order valence-electron chi connectivity index (χ2n) is 6.33. The molecule has 2 aliphatic heterocycles. The molecule has 0 aromatic rings.